The smallest absolute Gasteiger partial charge is 0.227 e. The van der Waals surface area contributed by atoms with E-state index in [0.717, 1.165) is 18.4 Å². The lowest BCUT2D eigenvalue weighted by atomic mass is 9.93. The van der Waals surface area contributed by atoms with Gasteiger partial charge in [-0.2, -0.15) is 0 Å². The molecule has 1 atom stereocenters. The fourth-order valence-electron chi connectivity index (χ4n) is 3.97. The van der Waals surface area contributed by atoms with E-state index in [0.29, 0.717) is 36.0 Å². The van der Waals surface area contributed by atoms with Crippen molar-refractivity contribution in [2.24, 2.45) is 0 Å². The summed E-state index contributed by atoms with van der Waals surface area (Å²) >= 11 is 0. The number of nitrogens with zero attached hydrogens (tertiary/aromatic N) is 2. The molecule has 1 aromatic heterocycles. The second kappa shape index (κ2) is 9.55. The standard InChI is InChI=1S/C22H28N2O6S/c1-28-17-11-15(12-18(29-2)22(17)30-3)13-20(25)24-10-6-7-16(14-24)21-19(31(4,26)27)8-5-9-23-21/h5,8-9,11-12,16H,6-7,10,13-14H2,1-4H3. The van der Waals surface area contributed by atoms with Crippen LogP contribution in [0.4, 0.5) is 0 Å². The number of piperidine rings is 1. The van der Waals surface area contributed by atoms with Crippen LogP contribution < -0.4 is 14.2 Å². The van der Waals surface area contributed by atoms with Crippen molar-refractivity contribution in [2.75, 3.05) is 40.7 Å². The summed E-state index contributed by atoms with van der Waals surface area (Å²) in [6, 6.07) is 6.73. The maximum absolute atomic E-state index is 13.1. The molecule has 3 rings (SSSR count). The summed E-state index contributed by atoms with van der Waals surface area (Å²) in [6.07, 6.45) is 4.52. The Hall–Kier alpha value is -2.81. The Balaban J connectivity index is 1.80. The van der Waals surface area contributed by atoms with Gasteiger partial charge in [-0.1, -0.05) is 0 Å². The second-order valence-corrected chi connectivity index (χ2v) is 9.53. The molecular formula is C22H28N2O6S. The summed E-state index contributed by atoms with van der Waals surface area (Å²) in [5.74, 6) is 1.29. The van der Waals surface area contributed by atoms with Crippen LogP contribution in [0.3, 0.4) is 0 Å². The number of amides is 1. The van der Waals surface area contributed by atoms with E-state index in [2.05, 4.69) is 4.98 Å². The minimum absolute atomic E-state index is 0.0455. The van der Waals surface area contributed by atoms with E-state index in [1.807, 2.05) is 0 Å². The quantitative estimate of drug-likeness (QED) is 0.642. The number of hydrogen-bond donors (Lipinski definition) is 0. The Morgan fingerprint density at radius 1 is 1.16 bits per heavy atom. The van der Waals surface area contributed by atoms with Crippen molar-refractivity contribution in [3.05, 3.63) is 41.7 Å². The van der Waals surface area contributed by atoms with E-state index >= 15 is 0 Å². The minimum Gasteiger partial charge on any atom is -0.493 e. The molecule has 1 aromatic carbocycles. The summed E-state index contributed by atoms with van der Waals surface area (Å²) in [6.45, 7) is 1.06. The number of carbonyl (C=O) groups is 1. The summed E-state index contributed by atoms with van der Waals surface area (Å²) in [5, 5.41) is 0. The molecule has 0 bridgehead atoms. The van der Waals surface area contributed by atoms with E-state index < -0.39 is 9.84 Å². The van der Waals surface area contributed by atoms with E-state index in [1.54, 1.807) is 35.4 Å². The molecule has 2 heterocycles. The average molecular weight is 449 g/mol. The first-order chi connectivity index (χ1) is 14.8. The Morgan fingerprint density at radius 3 is 2.42 bits per heavy atom. The normalized spacial score (nSPS) is 16.6. The third-order valence-electron chi connectivity index (χ3n) is 5.44. The molecule has 1 aliphatic rings. The van der Waals surface area contributed by atoms with Crippen molar-refractivity contribution in [1.82, 2.24) is 9.88 Å². The largest absolute Gasteiger partial charge is 0.493 e. The first kappa shape index (κ1) is 22.9. The third kappa shape index (κ3) is 5.10. The fraction of sp³-hybridized carbons (Fsp3) is 0.455. The SMILES string of the molecule is COc1cc(CC(=O)N2CCCC(c3ncccc3S(C)(=O)=O)C2)cc(OC)c1OC. The average Bonchev–Trinajstić information content (AvgIpc) is 2.77. The molecule has 2 aromatic rings. The number of rotatable bonds is 7. The molecule has 1 saturated heterocycles. The maximum atomic E-state index is 13.1. The van der Waals surface area contributed by atoms with E-state index in [4.69, 9.17) is 14.2 Å². The number of likely N-dealkylation sites (tertiary alicyclic amines) is 1. The first-order valence-electron chi connectivity index (χ1n) is 10.00. The lowest BCUT2D eigenvalue weighted by molar-refractivity contribution is -0.131. The summed E-state index contributed by atoms with van der Waals surface area (Å²) in [4.78, 5) is 19.4. The number of benzene rings is 1. The molecule has 0 spiro atoms. The molecule has 1 unspecified atom stereocenters. The molecule has 168 valence electrons. The molecular weight excluding hydrogens is 420 g/mol. The zero-order valence-corrected chi connectivity index (χ0v) is 19.1. The number of carbonyl (C=O) groups excluding carboxylic acids is 1. The molecule has 1 fully saturated rings. The number of hydrogen-bond acceptors (Lipinski definition) is 7. The van der Waals surface area contributed by atoms with Gasteiger partial charge in [-0.3, -0.25) is 9.78 Å². The lowest BCUT2D eigenvalue weighted by Gasteiger charge is -2.33. The van der Waals surface area contributed by atoms with Crippen LogP contribution in [0.1, 0.15) is 30.0 Å². The fourth-order valence-corrected chi connectivity index (χ4v) is 4.90. The first-order valence-corrected chi connectivity index (χ1v) is 11.9. The number of sulfone groups is 1. The van der Waals surface area contributed by atoms with E-state index in [9.17, 15) is 13.2 Å². The molecule has 0 radical (unpaired) electrons. The molecule has 0 aliphatic carbocycles. The third-order valence-corrected chi connectivity index (χ3v) is 6.58. The van der Waals surface area contributed by atoms with Gasteiger partial charge in [-0.05, 0) is 42.7 Å². The monoisotopic (exact) mass is 448 g/mol. The van der Waals surface area contributed by atoms with Crippen LogP contribution in [-0.2, 0) is 21.1 Å². The molecule has 1 aliphatic heterocycles. The van der Waals surface area contributed by atoms with Gasteiger partial charge in [0, 0.05) is 31.5 Å². The van der Waals surface area contributed by atoms with Crippen LogP contribution in [0.5, 0.6) is 17.2 Å². The predicted molar refractivity (Wildman–Crippen MR) is 116 cm³/mol. The lowest BCUT2D eigenvalue weighted by Crippen LogP contribution is -2.40. The molecule has 9 heteroatoms. The van der Waals surface area contributed by atoms with Gasteiger partial charge in [0.05, 0.1) is 38.3 Å². The van der Waals surface area contributed by atoms with Crippen LogP contribution in [0.15, 0.2) is 35.4 Å². The highest BCUT2D eigenvalue weighted by Gasteiger charge is 2.29. The summed E-state index contributed by atoms with van der Waals surface area (Å²) < 4.78 is 40.4. The van der Waals surface area contributed by atoms with Crippen LogP contribution in [0.2, 0.25) is 0 Å². The van der Waals surface area contributed by atoms with Crippen molar-refractivity contribution < 1.29 is 27.4 Å². The number of methoxy groups -OCH3 is 3. The Kier molecular flexibility index (Phi) is 7.04. The molecule has 0 saturated carbocycles. The number of pyridine rings is 1. The maximum Gasteiger partial charge on any atom is 0.227 e. The molecule has 31 heavy (non-hydrogen) atoms. The van der Waals surface area contributed by atoms with Crippen LogP contribution in [0.25, 0.3) is 0 Å². The minimum atomic E-state index is -3.40. The van der Waals surface area contributed by atoms with Gasteiger partial charge >= 0.3 is 0 Å². The van der Waals surface area contributed by atoms with Crippen LogP contribution in [-0.4, -0.2) is 64.9 Å². The van der Waals surface area contributed by atoms with Crippen molar-refractivity contribution in [3.8, 4) is 17.2 Å². The highest BCUT2D eigenvalue weighted by Crippen LogP contribution is 2.38. The van der Waals surface area contributed by atoms with Crippen molar-refractivity contribution in [3.63, 3.8) is 0 Å². The zero-order valence-electron chi connectivity index (χ0n) is 18.3. The van der Waals surface area contributed by atoms with Gasteiger partial charge in [0.15, 0.2) is 21.3 Å². The van der Waals surface area contributed by atoms with E-state index in [1.165, 1.54) is 27.6 Å². The van der Waals surface area contributed by atoms with Gasteiger partial charge < -0.3 is 19.1 Å². The van der Waals surface area contributed by atoms with Crippen molar-refractivity contribution in [1.29, 1.82) is 0 Å². The molecule has 1 amide bonds. The second-order valence-electron chi connectivity index (χ2n) is 7.55. The molecule has 0 N–H and O–H groups in total. The zero-order chi connectivity index (χ0) is 22.6. The van der Waals surface area contributed by atoms with Gasteiger partial charge in [0.25, 0.3) is 0 Å². The predicted octanol–water partition coefficient (Wildman–Crippen LogP) is 2.46. The van der Waals surface area contributed by atoms with Gasteiger partial charge in [-0.25, -0.2) is 8.42 Å². The highest BCUT2D eigenvalue weighted by atomic mass is 32.2. The van der Waals surface area contributed by atoms with Crippen LogP contribution >= 0.6 is 0 Å². The van der Waals surface area contributed by atoms with Gasteiger partial charge in [-0.15, -0.1) is 0 Å². The Labute approximate surface area is 183 Å². The highest BCUT2D eigenvalue weighted by molar-refractivity contribution is 7.90. The van der Waals surface area contributed by atoms with Crippen molar-refractivity contribution >= 4 is 15.7 Å². The van der Waals surface area contributed by atoms with Crippen molar-refractivity contribution in [2.45, 2.75) is 30.1 Å². The van der Waals surface area contributed by atoms with Gasteiger partial charge in [0.1, 0.15) is 0 Å². The summed E-state index contributed by atoms with van der Waals surface area (Å²) in [5.41, 5.74) is 1.28. The number of ether oxygens (including phenoxy) is 3. The Morgan fingerprint density at radius 2 is 1.84 bits per heavy atom. The summed E-state index contributed by atoms with van der Waals surface area (Å²) in [7, 11) is 1.20. The van der Waals surface area contributed by atoms with Gasteiger partial charge in [0.2, 0.25) is 11.7 Å². The van der Waals surface area contributed by atoms with E-state index in [-0.39, 0.29) is 23.1 Å². The number of aromatic nitrogens is 1. The van der Waals surface area contributed by atoms with Crippen LogP contribution in [0, 0.1) is 0 Å². The molecule has 8 nitrogen and oxygen atoms in total. The topological polar surface area (TPSA) is 95.0 Å². The Bertz CT molecular complexity index is 1030.